The third kappa shape index (κ3) is 5.33. The van der Waals surface area contributed by atoms with Crippen LogP contribution in [0.25, 0.3) is 11.3 Å². The van der Waals surface area contributed by atoms with Gasteiger partial charge >= 0.3 is 0 Å². The molecule has 166 valence electrons. The summed E-state index contributed by atoms with van der Waals surface area (Å²) in [5.41, 5.74) is 4.06. The molecule has 2 aromatic heterocycles. The molecule has 0 radical (unpaired) electrons. The minimum Gasteiger partial charge on any atom is -0.496 e. The van der Waals surface area contributed by atoms with Crippen LogP contribution < -0.4 is 15.1 Å². The summed E-state index contributed by atoms with van der Waals surface area (Å²) in [5, 5.41) is 30.6. The predicted octanol–water partition coefficient (Wildman–Crippen LogP) is 3.61. The monoisotopic (exact) mass is 441 g/mol. The molecule has 0 bridgehead atoms. The Kier molecular flexibility index (Phi) is 6.90. The number of hydrogen-bond acceptors (Lipinski definition) is 8. The van der Waals surface area contributed by atoms with Crippen molar-refractivity contribution in [3.05, 3.63) is 83.8 Å². The van der Waals surface area contributed by atoms with E-state index in [2.05, 4.69) is 37.6 Å². The summed E-state index contributed by atoms with van der Waals surface area (Å²) in [6.45, 7) is 1.67. The third-order valence-electron chi connectivity index (χ3n) is 5.07. The summed E-state index contributed by atoms with van der Waals surface area (Å²) >= 11 is 0. The average Bonchev–Trinajstić information content (AvgIpc) is 3.37. The van der Waals surface area contributed by atoms with Crippen LogP contribution in [0.1, 0.15) is 16.8 Å². The number of ether oxygens (including phenoxy) is 1. The Morgan fingerprint density at radius 3 is 2.64 bits per heavy atom. The van der Waals surface area contributed by atoms with Crippen LogP contribution in [-0.2, 0) is 13.0 Å². The summed E-state index contributed by atoms with van der Waals surface area (Å²) in [7, 11) is 1.62. The zero-order chi connectivity index (χ0) is 23.0. The highest BCUT2D eigenvalue weighted by Crippen LogP contribution is 2.32. The van der Waals surface area contributed by atoms with Crippen LogP contribution >= 0.6 is 0 Å². The number of nitrogens with one attached hydrogen (secondary N) is 2. The molecule has 9 nitrogen and oxygen atoms in total. The molecular weight excluding hydrogens is 418 g/mol. The molecule has 0 saturated carbocycles. The third-order valence-corrected chi connectivity index (χ3v) is 5.07. The first-order valence-corrected chi connectivity index (χ1v) is 10.4. The fourth-order valence-corrected chi connectivity index (χ4v) is 3.34. The maximum Gasteiger partial charge on any atom is 0.181 e. The predicted molar refractivity (Wildman–Crippen MR) is 123 cm³/mol. The molecule has 3 N–H and O–H groups in total. The van der Waals surface area contributed by atoms with Crippen molar-refractivity contribution < 1.29 is 9.94 Å². The van der Waals surface area contributed by atoms with E-state index in [0.29, 0.717) is 11.4 Å². The maximum atomic E-state index is 10.4. The van der Waals surface area contributed by atoms with E-state index >= 15 is 0 Å². The lowest BCUT2D eigenvalue weighted by Gasteiger charge is -2.11. The van der Waals surface area contributed by atoms with E-state index in [1.807, 2.05) is 42.5 Å². The first kappa shape index (κ1) is 22.0. The average molecular weight is 441 g/mol. The second-order valence-electron chi connectivity index (χ2n) is 7.27. The van der Waals surface area contributed by atoms with Crippen molar-refractivity contribution in [2.75, 3.05) is 18.7 Å². The first-order chi connectivity index (χ1) is 16.2. The molecule has 4 aromatic rings. The molecule has 0 aliphatic rings. The van der Waals surface area contributed by atoms with Gasteiger partial charge in [-0.05, 0) is 36.2 Å². The van der Waals surface area contributed by atoms with Crippen molar-refractivity contribution in [3.63, 3.8) is 0 Å². The highest BCUT2D eigenvalue weighted by atomic mass is 16.5. The molecule has 9 heteroatoms. The summed E-state index contributed by atoms with van der Waals surface area (Å²) in [6, 6.07) is 19.9. The number of nitriles is 1. The van der Waals surface area contributed by atoms with E-state index < -0.39 is 0 Å². The minimum atomic E-state index is 0.150. The molecule has 4 rings (SSSR count). The fraction of sp³-hybridized carbons (Fsp3) is 0.167. The van der Waals surface area contributed by atoms with Crippen molar-refractivity contribution in [2.24, 2.45) is 0 Å². The molecule has 0 amide bonds. The molecule has 0 unspecified atom stereocenters. The molecule has 33 heavy (non-hydrogen) atoms. The van der Waals surface area contributed by atoms with Gasteiger partial charge < -0.3 is 10.1 Å². The number of benzene rings is 2. The van der Waals surface area contributed by atoms with E-state index in [1.165, 1.54) is 18.0 Å². The van der Waals surface area contributed by atoms with Crippen LogP contribution in [0.3, 0.4) is 0 Å². The van der Waals surface area contributed by atoms with Crippen LogP contribution in [0.4, 0.5) is 11.6 Å². The Balaban J connectivity index is 1.42. The molecule has 0 aliphatic heterocycles. The Labute approximate surface area is 191 Å². The smallest absolute Gasteiger partial charge is 0.181 e. The lowest BCUT2D eigenvalue weighted by atomic mass is 10.1. The van der Waals surface area contributed by atoms with Gasteiger partial charge in [0.05, 0.1) is 25.2 Å². The van der Waals surface area contributed by atoms with Gasteiger partial charge in [0, 0.05) is 18.2 Å². The summed E-state index contributed by atoms with van der Waals surface area (Å²) in [5.74, 6) is 1.09. The fourth-order valence-electron chi connectivity index (χ4n) is 3.34. The van der Waals surface area contributed by atoms with Crippen LogP contribution in [-0.4, -0.2) is 39.0 Å². The van der Waals surface area contributed by atoms with E-state index in [9.17, 15) is 5.21 Å². The van der Waals surface area contributed by atoms with Gasteiger partial charge in [0.2, 0.25) is 0 Å². The summed E-state index contributed by atoms with van der Waals surface area (Å²) in [4.78, 5) is 7.92. The van der Waals surface area contributed by atoms with Gasteiger partial charge in [0.1, 0.15) is 11.8 Å². The number of aromatic nitrogens is 4. The van der Waals surface area contributed by atoms with E-state index in [4.69, 9.17) is 10.00 Å². The van der Waals surface area contributed by atoms with Crippen LogP contribution in [0.2, 0.25) is 0 Å². The van der Waals surface area contributed by atoms with Gasteiger partial charge in [0.25, 0.3) is 0 Å². The molecule has 0 saturated heterocycles. The van der Waals surface area contributed by atoms with E-state index in [-0.39, 0.29) is 17.3 Å². The number of nitrogens with zero attached hydrogens (tertiary/aromatic N) is 5. The van der Waals surface area contributed by atoms with Crippen molar-refractivity contribution in [2.45, 2.75) is 13.0 Å². The second-order valence-corrected chi connectivity index (χ2v) is 7.27. The highest BCUT2D eigenvalue weighted by Gasteiger charge is 2.15. The molecule has 0 aliphatic carbocycles. The molecule has 0 spiro atoms. The summed E-state index contributed by atoms with van der Waals surface area (Å²) < 4.78 is 5.60. The number of hydrogen-bond donors (Lipinski definition) is 3. The highest BCUT2D eigenvalue weighted by molar-refractivity contribution is 5.71. The van der Waals surface area contributed by atoms with Crippen molar-refractivity contribution >= 4 is 11.6 Å². The number of methoxy groups -OCH3 is 1. The molecular formula is C24H23N7O2. The van der Waals surface area contributed by atoms with Gasteiger partial charge in [-0.2, -0.15) is 15.4 Å². The van der Waals surface area contributed by atoms with E-state index in [1.54, 1.807) is 13.2 Å². The zero-order valence-electron chi connectivity index (χ0n) is 18.1. The van der Waals surface area contributed by atoms with Gasteiger partial charge in [-0.15, -0.1) is 0 Å². The number of H-pyrrole nitrogens is 1. The lowest BCUT2D eigenvalue weighted by molar-refractivity contribution is 0.294. The molecule has 0 atom stereocenters. The second kappa shape index (κ2) is 10.4. The van der Waals surface area contributed by atoms with Crippen molar-refractivity contribution in [1.29, 1.82) is 5.26 Å². The Morgan fingerprint density at radius 1 is 1.06 bits per heavy atom. The Hall–Kier alpha value is -4.26. The Morgan fingerprint density at radius 2 is 1.91 bits per heavy atom. The molecule has 2 heterocycles. The number of rotatable bonds is 9. The normalized spacial score (nSPS) is 10.6. The van der Waals surface area contributed by atoms with Crippen LogP contribution in [0, 0.1) is 11.3 Å². The zero-order valence-corrected chi connectivity index (χ0v) is 18.1. The molecule has 2 aromatic carbocycles. The maximum absolute atomic E-state index is 10.4. The van der Waals surface area contributed by atoms with Crippen LogP contribution in [0.5, 0.6) is 5.75 Å². The lowest BCUT2D eigenvalue weighted by Crippen LogP contribution is -2.16. The summed E-state index contributed by atoms with van der Waals surface area (Å²) in [6.07, 6.45) is 3.44. The van der Waals surface area contributed by atoms with Crippen LogP contribution in [0.15, 0.2) is 67.0 Å². The van der Waals surface area contributed by atoms with Gasteiger partial charge in [0.15, 0.2) is 17.3 Å². The standard InChI is InChI=1S/C24H23N7O2/c1-33-22-11-17(9-10-26-14-18-5-3-2-4-6-18)7-8-20(22)21-12-23(30-29-21)31(32)24-16-27-19(13-25)15-28-24/h2-8,11-12,15-16,26,32H,9-10,14H2,1H3,(H,29,30). The van der Waals surface area contributed by atoms with Crippen molar-refractivity contribution in [1.82, 2.24) is 25.5 Å². The topological polar surface area (TPSA) is 123 Å². The van der Waals surface area contributed by atoms with Gasteiger partial charge in [-0.25, -0.2) is 9.97 Å². The van der Waals surface area contributed by atoms with Crippen molar-refractivity contribution in [3.8, 4) is 23.1 Å². The quantitative estimate of drug-likeness (QED) is 0.266. The SMILES string of the molecule is COc1cc(CCNCc2ccccc2)ccc1-c1cc(N(O)c2cnc(C#N)cn2)n[nH]1. The number of aromatic amines is 1. The Bertz CT molecular complexity index is 1230. The minimum absolute atomic E-state index is 0.150. The van der Waals surface area contributed by atoms with E-state index in [0.717, 1.165) is 35.7 Å². The largest absolute Gasteiger partial charge is 0.496 e. The first-order valence-electron chi connectivity index (χ1n) is 10.4. The number of anilines is 2. The van der Waals surface area contributed by atoms with Gasteiger partial charge in [-0.1, -0.05) is 36.4 Å². The van der Waals surface area contributed by atoms with Gasteiger partial charge in [-0.3, -0.25) is 10.3 Å². The molecule has 0 fully saturated rings.